The van der Waals surface area contributed by atoms with Crippen LogP contribution in [0.4, 0.5) is 4.39 Å². The lowest BCUT2D eigenvalue weighted by atomic mass is 9.97. The highest BCUT2D eigenvalue weighted by Crippen LogP contribution is 2.27. The third-order valence-corrected chi connectivity index (χ3v) is 5.96. The lowest BCUT2D eigenvalue weighted by Gasteiger charge is -2.21. The Kier molecular flexibility index (Phi) is 6.95. The van der Waals surface area contributed by atoms with Gasteiger partial charge in [0, 0.05) is 29.0 Å². The molecule has 0 atom stereocenters. The van der Waals surface area contributed by atoms with Crippen molar-refractivity contribution in [3.63, 3.8) is 0 Å². The third-order valence-electron chi connectivity index (χ3n) is 5.47. The van der Waals surface area contributed by atoms with E-state index in [4.69, 9.17) is 4.74 Å². The number of nitrogens with zero attached hydrogens (tertiary/aromatic N) is 3. The summed E-state index contributed by atoms with van der Waals surface area (Å²) in [5.41, 5.74) is 3.03. The number of aryl methyl sites for hydroxylation is 1. The predicted octanol–water partition coefficient (Wildman–Crippen LogP) is 4.61. The number of carbonyl (C=O) groups is 1. The zero-order valence-electron chi connectivity index (χ0n) is 17.7. The lowest BCUT2D eigenvalue weighted by molar-refractivity contribution is -0.126. The second-order valence-corrected chi connectivity index (χ2v) is 8.43. The van der Waals surface area contributed by atoms with Gasteiger partial charge < -0.3 is 4.74 Å². The quantitative estimate of drug-likeness (QED) is 0.480. The number of rotatable bonds is 7. The first-order valence-electron chi connectivity index (χ1n) is 10.4. The number of aliphatic imine (C=N–C) groups is 1. The van der Waals surface area contributed by atoms with Crippen LogP contribution < -0.4 is 4.74 Å². The minimum Gasteiger partial charge on any atom is -0.496 e. The second-order valence-electron chi connectivity index (χ2n) is 7.51. The average molecular weight is 496 g/mol. The largest absolute Gasteiger partial charge is 0.496 e. The molecule has 0 unspecified atom stereocenters. The number of hydrogen-bond donors (Lipinski definition) is 0. The van der Waals surface area contributed by atoms with Crippen molar-refractivity contribution in [2.24, 2.45) is 4.99 Å². The molecular formula is C25H23BrFN3O2. The minimum absolute atomic E-state index is 0.0712. The van der Waals surface area contributed by atoms with Crippen molar-refractivity contribution in [3.8, 4) is 5.75 Å². The summed E-state index contributed by atoms with van der Waals surface area (Å²) >= 11 is 3.49. The molecule has 1 aliphatic heterocycles. The van der Waals surface area contributed by atoms with Gasteiger partial charge in [0.1, 0.15) is 17.4 Å². The fourth-order valence-corrected chi connectivity index (χ4v) is 4.33. The molecule has 2 aromatic carbocycles. The molecule has 0 bridgehead atoms. The van der Waals surface area contributed by atoms with Crippen LogP contribution in [0.5, 0.6) is 5.75 Å². The summed E-state index contributed by atoms with van der Waals surface area (Å²) in [7, 11) is 1.63. The van der Waals surface area contributed by atoms with Gasteiger partial charge in [0.25, 0.3) is 0 Å². The predicted molar refractivity (Wildman–Crippen MR) is 126 cm³/mol. The number of ether oxygens (including phenoxy) is 1. The molecule has 1 amide bonds. The van der Waals surface area contributed by atoms with Gasteiger partial charge in [0.2, 0.25) is 5.91 Å². The summed E-state index contributed by atoms with van der Waals surface area (Å²) < 4.78 is 21.3. The van der Waals surface area contributed by atoms with E-state index in [1.165, 1.54) is 6.07 Å². The van der Waals surface area contributed by atoms with E-state index in [0.717, 1.165) is 21.3 Å². The zero-order valence-corrected chi connectivity index (χ0v) is 19.3. The fourth-order valence-electron chi connectivity index (χ4n) is 3.92. The monoisotopic (exact) mass is 495 g/mol. The molecule has 0 spiro atoms. The summed E-state index contributed by atoms with van der Waals surface area (Å²) in [6.45, 7) is 0.993. The Hall–Kier alpha value is -3.06. The Morgan fingerprint density at radius 1 is 1.19 bits per heavy atom. The molecule has 32 heavy (non-hydrogen) atoms. The number of hydrogen-bond acceptors (Lipinski definition) is 4. The van der Waals surface area contributed by atoms with Crippen molar-refractivity contribution < 1.29 is 13.9 Å². The number of halogens is 2. The van der Waals surface area contributed by atoms with Crippen molar-refractivity contribution in [1.82, 2.24) is 9.88 Å². The lowest BCUT2D eigenvalue weighted by Crippen LogP contribution is -2.36. The third kappa shape index (κ3) is 4.88. The summed E-state index contributed by atoms with van der Waals surface area (Å²) in [6, 6.07) is 14.4. The number of benzene rings is 2. The molecule has 0 fully saturated rings. The van der Waals surface area contributed by atoms with Crippen LogP contribution in [0.2, 0.25) is 0 Å². The number of amidine groups is 1. The van der Waals surface area contributed by atoms with Crippen molar-refractivity contribution in [2.75, 3.05) is 20.2 Å². The SMILES string of the molecule is COc1ccc(Br)cc1CCc1c(F)cccc1C1=NCCN1C(=O)Cc1cccnc1. The van der Waals surface area contributed by atoms with Gasteiger partial charge in [0.05, 0.1) is 20.1 Å². The molecule has 0 aliphatic carbocycles. The Morgan fingerprint density at radius 3 is 2.84 bits per heavy atom. The number of carbonyl (C=O) groups excluding carboxylic acids is 1. The van der Waals surface area contributed by atoms with Crippen molar-refractivity contribution in [2.45, 2.75) is 19.3 Å². The van der Waals surface area contributed by atoms with Crippen LogP contribution in [0.25, 0.3) is 0 Å². The van der Waals surface area contributed by atoms with E-state index in [1.54, 1.807) is 30.5 Å². The van der Waals surface area contributed by atoms with Crippen LogP contribution in [-0.2, 0) is 24.1 Å². The number of methoxy groups -OCH3 is 1. The first kappa shape index (κ1) is 22.1. The van der Waals surface area contributed by atoms with Gasteiger partial charge in [0.15, 0.2) is 0 Å². The first-order valence-corrected chi connectivity index (χ1v) is 11.2. The summed E-state index contributed by atoms with van der Waals surface area (Å²) in [5.74, 6) is 0.927. The van der Waals surface area contributed by atoms with Gasteiger partial charge in [-0.25, -0.2) is 4.39 Å². The Labute approximate surface area is 195 Å². The molecule has 1 aromatic heterocycles. The Morgan fingerprint density at radius 2 is 2.06 bits per heavy atom. The molecular weight excluding hydrogens is 473 g/mol. The molecule has 164 valence electrons. The maximum absolute atomic E-state index is 14.9. The van der Waals surface area contributed by atoms with E-state index < -0.39 is 0 Å². The van der Waals surface area contributed by atoms with E-state index in [2.05, 4.69) is 25.9 Å². The molecule has 0 saturated carbocycles. The number of amides is 1. The molecule has 7 heteroatoms. The highest BCUT2D eigenvalue weighted by molar-refractivity contribution is 9.10. The normalized spacial score (nSPS) is 13.2. The standard InChI is InChI=1S/C25H23BrFN3O2/c1-32-23-10-8-19(26)15-18(23)7-9-20-21(5-2-6-22(20)27)25-29-12-13-30(25)24(31)14-17-4-3-11-28-16-17/h2-6,8,10-11,15-16H,7,9,12-14H2,1H3. The van der Waals surface area contributed by atoms with Crippen LogP contribution in [0, 0.1) is 5.82 Å². The zero-order chi connectivity index (χ0) is 22.5. The van der Waals surface area contributed by atoms with E-state index >= 15 is 0 Å². The van der Waals surface area contributed by atoms with Gasteiger partial charge in [-0.3, -0.25) is 19.7 Å². The summed E-state index contributed by atoms with van der Waals surface area (Å²) in [6.07, 6.45) is 4.64. The highest BCUT2D eigenvalue weighted by Gasteiger charge is 2.27. The second kappa shape index (κ2) is 10.0. The van der Waals surface area contributed by atoms with E-state index in [-0.39, 0.29) is 18.1 Å². The molecule has 0 saturated heterocycles. The van der Waals surface area contributed by atoms with E-state index in [1.807, 2.05) is 36.4 Å². The van der Waals surface area contributed by atoms with Crippen molar-refractivity contribution >= 4 is 27.7 Å². The van der Waals surface area contributed by atoms with Gasteiger partial charge in [-0.15, -0.1) is 0 Å². The summed E-state index contributed by atoms with van der Waals surface area (Å²) in [5, 5.41) is 0. The Bertz CT molecular complexity index is 1150. The molecule has 5 nitrogen and oxygen atoms in total. The Balaban J connectivity index is 1.58. The molecule has 0 radical (unpaired) electrons. The van der Waals surface area contributed by atoms with Crippen molar-refractivity contribution in [3.05, 3.63) is 93.5 Å². The van der Waals surface area contributed by atoms with Gasteiger partial charge in [-0.1, -0.05) is 34.1 Å². The van der Waals surface area contributed by atoms with E-state index in [9.17, 15) is 9.18 Å². The van der Waals surface area contributed by atoms with Gasteiger partial charge in [-0.2, -0.15) is 0 Å². The van der Waals surface area contributed by atoms with Crippen LogP contribution in [-0.4, -0.2) is 41.8 Å². The molecule has 3 aromatic rings. The van der Waals surface area contributed by atoms with Crippen LogP contribution >= 0.6 is 15.9 Å². The minimum atomic E-state index is -0.300. The van der Waals surface area contributed by atoms with Crippen LogP contribution in [0.1, 0.15) is 22.3 Å². The molecule has 2 heterocycles. The first-order chi connectivity index (χ1) is 15.6. The van der Waals surface area contributed by atoms with Crippen molar-refractivity contribution in [1.29, 1.82) is 0 Å². The molecule has 0 N–H and O–H groups in total. The average Bonchev–Trinajstić information content (AvgIpc) is 3.29. The number of aromatic nitrogens is 1. The van der Waals surface area contributed by atoms with E-state index in [0.29, 0.717) is 42.9 Å². The fraction of sp³-hybridized carbons (Fsp3) is 0.240. The summed E-state index contributed by atoms with van der Waals surface area (Å²) in [4.78, 5) is 23.3. The maximum atomic E-state index is 14.9. The van der Waals surface area contributed by atoms with Crippen LogP contribution in [0.15, 0.2) is 70.4 Å². The van der Waals surface area contributed by atoms with Gasteiger partial charge >= 0.3 is 0 Å². The molecule has 4 rings (SSSR count). The maximum Gasteiger partial charge on any atom is 0.232 e. The van der Waals surface area contributed by atoms with Gasteiger partial charge in [-0.05, 0) is 59.9 Å². The van der Waals surface area contributed by atoms with Crippen LogP contribution in [0.3, 0.4) is 0 Å². The highest BCUT2D eigenvalue weighted by atomic mass is 79.9. The topological polar surface area (TPSA) is 54.8 Å². The smallest absolute Gasteiger partial charge is 0.232 e. The molecule has 1 aliphatic rings. The number of pyridine rings is 1.